The molecule has 1 fully saturated rings. The number of hydrogen-bond donors (Lipinski definition) is 0. The monoisotopic (exact) mass is 113 g/mol. The third-order valence-corrected chi connectivity index (χ3v) is 2.25. The molecule has 0 amide bonds. The lowest BCUT2D eigenvalue weighted by Gasteiger charge is -2.35. The molecule has 1 aliphatic rings. The molecule has 1 saturated carbocycles. The molecule has 0 aromatic heterocycles. The van der Waals surface area contributed by atoms with Crippen molar-refractivity contribution >= 4 is 0 Å². The highest BCUT2D eigenvalue weighted by atomic mass is 16.3. The molecule has 1 aliphatic carbocycles. The van der Waals surface area contributed by atoms with E-state index in [1.54, 1.807) is 0 Å². The van der Waals surface area contributed by atoms with Crippen molar-refractivity contribution in [3.8, 4) is 0 Å². The first-order chi connectivity index (χ1) is 3.75. The van der Waals surface area contributed by atoms with Gasteiger partial charge in [-0.3, -0.25) is 0 Å². The number of hydrogen-bond acceptors (Lipinski definition) is 2. The van der Waals surface area contributed by atoms with Crippen LogP contribution in [0.25, 0.3) is 0 Å². The minimum absolute atomic E-state index is 0.130. The highest BCUT2D eigenvalue weighted by Crippen LogP contribution is 2.35. The van der Waals surface area contributed by atoms with Crippen LogP contribution in [0.15, 0.2) is 5.18 Å². The molecule has 0 spiro atoms. The summed E-state index contributed by atoms with van der Waals surface area (Å²) in [5.74, 6) is 1.25. The summed E-state index contributed by atoms with van der Waals surface area (Å²) in [5.41, 5.74) is 0. The van der Waals surface area contributed by atoms with Crippen LogP contribution in [-0.2, 0) is 0 Å². The van der Waals surface area contributed by atoms with E-state index >= 15 is 0 Å². The quantitative estimate of drug-likeness (QED) is 0.477. The topological polar surface area (TPSA) is 29.4 Å². The van der Waals surface area contributed by atoms with Gasteiger partial charge in [0, 0.05) is 0 Å². The van der Waals surface area contributed by atoms with Gasteiger partial charge in [-0.1, -0.05) is 19.0 Å². The Kier molecular flexibility index (Phi) is 1.32. The van der Waals surface area contributed by atoms with Crippen LogP contribution in [0.2, 0.25) is 0 Å². The van der Waals surface area contributed by atoms with Crippen LogP contribution in [0, 0.1) is 16.7 Å². The molecule has 8 heavy (non-hydrogen) atoms. The van der Waals surface area contributed by atoms with Gasteiger partial charge in [-0.2, -0.15) is 4.91 Å². The molecule has 46 valence electrons. The Hall–Kier alpha value is -0.400. The third kappa shape index (κ3) is 0.641. The Bertz CT molecular complexity index is 103. The summed E-state index contributed by atoms with van der Waals surface area (Å²) in [6.45, 7) is 4.24. The Balaban J connectivity index is 2.35. The van der Waals surface area contributed by atoms with E-state index in [-0.39, 0.29) is 6.04 Å². The average Bonchev–Trinajstić information content (AvgIpc) is 1.81. The van der Waals surface area contributed by atoms with Crippen molar-refractivity contribution in [1.82, 2.24) is 0 Å². The van der Waals surface area contributed by atoms with E-state index in [4.69, 9.17) is 0 Å². The van der Waals surface area contributed by atoms with Crippen molar-refractivity contribution in [3.05, 3.63) is 4.91 Å². The van der Waals surface area contributed by atoms with Crippen molar-refractivity contribution in [2.24, 2.45) is 17.0 Å². The number of rotatable bonds is 1. The van der Waals surface area contributed by atoms with E-state index in [2.05, 4.69) is 19.0 Å². The summed E-state index contributed by atoms with van der Waals surface area (Å²) in [6.07, 6.45) is 1.00. The average molecular weight is 113 g/mol. The maximum atomic E-state index is 9.89. The van der Waals surface area contributed by atoms with E-state index in [9.17, 15) is 4.91 Å². The first kappa shape index (κ1) is 5.73. The van der Waals surface area contributed by atoms with Crippen LogP contribution in [-0.4, -0.2) is 6.04 Å². The molecule has 0 aromatic carbocycles. The maximum absolute atomic E-state index is 9.89. The van der Waals surface area contributed by atoms with Gasteiger partial charge in [0.25, 0.3) is 0 Å². The van der Waals surface area contributed by atoms with Gasteiger partial charge in [0.15, 0.2) is 0 Å². The van der Waals surface area contributed by atoms with E-state index < -0.39 is 0 Å². The lowest BCUT2D eigenvalue weighted by atomic mass is 9.72. The second-order valence-electron chi connectivity index (χ2n) is 2.74. The van der Waals surface area contributed by atoms with Gasteiger partial charge in [-0.15, -0.1) is 0 Å². The number of nitrogens with zero attached hydrogens (tertiary/aromatic N) is 1. The second-order valence-corrected chi connectivity index (χ2v) is 2.74. The SMILES string of the molecule is CC1C[C@H](N=O)C1C. The largest absolute Gasteiger partial charge is 0.151 e. The molecule has 0 aromatic rings. The van der Waals surface area contributed by atoms with Crippen molar-refractivity contribution < 1.29 is 0 Å². The standard InChI is InChI=1S/C6H11NO/c1-4-3-6(7-8)5(4)2/h4-6H,3H2,1-2H3/t4?,5?,6-/m0/s1. The van der Waals surface area contributed by atoms with Gasteiger partial charge in [-0.25, -0.2) is 0 Å². The van der Waals surface area contributed by atoms with Crippen molar-refractivity contribution in [1.29, 1.82) is 0 Å². The van der Waals surface area contributed by atoms with E-state index in [0.717, 1.165) is 12.3 Å². The van der Waals surface area contributed by atoms with Crippen molar-refractivity contribution in [2.45, 2.75) is 26.3 Å². The van der Waals surface area contributed by atoms with Crippen LogP contribution < -0.4 is 0 Å². The Morgan fingerprint density at radius 2 is 2.12 bits per heavy atom. The molecular weight excluding hydrogens is 102 g/mol. The molecule has 3 atom stereocenters. The van der Waals surface area contributed by atoms with Gasteiger partial charge in [0.2, 0.25) is 0 Å². The molecule has 0 radical (unpaired) electrons. The first-order valence-corrected chi connectivity index (χ1v) is 3.08. The summed E-state index contributed by atoms with van der Waals surface area (Å²) in [7, 11) is 0. The molecule has 0 aliphatic heterocycles. The van der Waals surface area contributed by atoms with Gasteiger partial charge in [-0.05, 0) is 18.3 Å². The fraction of sp³-hybridized carbons (Fsp3) is 1.00. The van der Waals surface area contributed by atoms with Crippen LogP contribution >= 0.6 is 0 Å². The molecule has 2 unspecified atom stereocenters. The normalized spacial score (nSPS) is 45.5. The molecule has 2 nitrogen and oxygen atoms in total. The highest BCUT2D eigenvalue weighted by molar-refractivity contribution is 4.88. The third-order valence-electron chi connectivity index (χ3n) is 2.25. The van der Waals surface area contributed by atoms with E-state index in [0.29, 0.717) is 5.92 Å². The van der Waals surface area contributed by atoms with Crippen molar-refractivity contribution in [3.63, 3.8) is 0 Å². The van der Waals surface area contributed by atoms with E-state index in [1.807, 2.05) is 0 Å². The molecule has 0 bridgehead atoms. The zero-order chi connectivity index (χ0) is 6.15. The van der Waals surface area contributed by atoms with Gasteiger partial charge < -0.3 is 0 Å². The molecule has 0 saturated heterocycles. The molecule has 1 rings (SSSR count). The lowest BCUT2D eigenvalue weighted by Crippen LogP contribution is -2.35. The van der Waals surface area contributed by atoms with Gasteiger partial charge in [0.05, 0.1) is 6.04 Å². The molecule has 0 heterocycles. The summed E-state index contributed by atoms with van der Waals surface area (Å²) in [4.78, 5) is 9.89. The van der Waals surface area contributed by atoms with E-state index in [1.165, 1.54) is 0 Å². The summed E-state index contributed by atoms with van der Waals surface area (Å²) in [5, 5.41) is 2.98. The lowest BCUT2D eigenvalue weighted by molar-refractivity contribution is 0.173. The molecule has 0 N–H and O–H groups in total. The zero-order valence-electron chi connectivity index (χ0n) is 5.29. The fourth-order valence-corrected chi connectivity index (χ4v) is 1.13. The Labute approximate surface area is 49.3 Å². The van der Waals surface area contributed by atoms with Gasteiger partial charge >= 0.3 is 0 Å². The summed E-state index contributed by atoms with van der Waals surface area (Å²) in [6, 6.07) is 0.130. The highest BCUT2D eigenvalue weighted by Gasteiger charge is 2.35. The Morgan fingerprint density at radius 1 is 1.50 bits per heavy atom. The molecule has 2 heteroatoms. The van der Waals surface area contributed by atoms with Crippen molar-refractivity contribution in [2.75, 3.05) is 0 Å². The predicted molar refractivity (Wildman–Crippen MR) is 32.5 cm³/mol. The fourth-order valence-electron chi connectivity index (χ4n) is 1.13. The summed E-state index contributed by atoms with van der Waals surface area (Å²) < 4.78 is 0. The Morgan fingerprint density at radius 3 is 2.25 bits per heavy atom. The molecular formula is C6H11NO. The van der Waals surface area contributed by atoms with Gasteiger partial charge in [0.1, 0.15) is 0 Å². The smallest absolute Gasteiger partial charge is 0.0950 e. The predicted octanol–water partition coefficient (Wildman–Crippen LogP) is 1.80. The summed E-state index contributed by atoms with van der Waals surface area (Å²) >= 11 is 0. The number of nitroso groups, excluding NO2 is 1. The van der Waals surface area contributed by atoms with Crippen LogP contribution in [0.3, 0.4) is 0 Å². The minimum Gasteiger partial charge on any atom is -0.151 e. The second kappa shape index (κ2) is 1.84. The van der Waals surface area contributed by atoms with Crippen LogP contribution in [0.1, 0.15) is 20.3 Å². The maximum Gasteiger partial charge on any atom is 0.0950 e. The first-order valence-electron chi connectivity index (χ1n) is 3.08. The van der Waals surface area contributed by atoms with Crippen LogP contribution in [0.5, 0.6) is 0 Å². The van der Waals surface area contributed by atoms with Crippen LogP contribution in [0.4, 0.5) is 0 Å². The minimum atomic E-state index is 0.130. The zero-order valence-corrected chi connectivity index (χ0v) is 5.29.